The summed E-state index contributed by atoms with van der Waals surface area (Å²) >= 11 is 12.7. The Hall–Kier alpha value is -3.22. The molecular formula is C33H36Cl2N2O4. The molecule has 216 valence electrons. The fourth-order valence-electron chi connectivity index (χ4n) is 5.57. The molecule has 41 heavy (non-hydrogen) atoms. The zero-order valence-electron chi connectivity index (χ0n) is 23.1. The molecule has 1 aliphatic carbocycles. The van der Waals surface area contributed by atoms with Crippen molar-refractivity contribution in [2.45, 2.75) is 70.0 Å². The van der Waals surface area contributed by atoms with Gasteiger partial charge in [-0.1, -0.05) is 84.9 Å². The molecule has 1 N–H and O–H groups in total. The molecule has 8 heteroatoms. The number of hydrogen-bond acceptors (Lipinski definition) is 4. The third kappa shape index (κ3) is 7.96. The molecule has 0 saturated heterocycles. The van der Waals surface area contributed by atoms with Crippen molar-refractivity contribution < 1.29 is 19.1 Å². The van der Waals surface area contributed by atoms with E-state index < -0.39 is 6.04 Å². The third-order valence-corrected chi connectivity index (χ3v) is 8.40. The van der Waals surface area contributed by atoms with Gasteiger partial charge in [0.2, 0.25) is 11.8 Å². The van der Waals surface area contributed by atoms with Gasteiger partial charge in [0.05, 0.1) is 0 Å². The van der Waals surface area contributed by atoms with Gasteiger partial charge < -0.3 is 19.7 Å². The number of ether oxygens (including phenoxy) is 2. The molecule has 5 rings (SSSR count). The Morgan fingerprint density at radius 1 is 0.878 bits per heavy atom. The molecule has 1 aliphatic heterocycles. The van der Waals surface area contributed by atoms with Crippen molar-refractivity contribution >= 4 is 35.0 Å². The van der Waals surface area contributed by atoms with E-state index in [0.29, 0.717) is 47.6 Å². The van der Waals surface area contributed by atoms with E-state index >= 15 is 0 Å². The molecule has 3 aromatic rings. The van der Waals surface area contributed by atoms with Gasteiger partial charge in [-0.25, -0.2) is 0 Å². The Balaban J connectivity index is 1.41. The third-order valence-electron chi connectivity index (χ3n) is 7.81. The molecule has 0 unspecified atom stereocenters. The maximum absolute atomic E-state index is 14.0. The number of benzene rings is 3. The Bertz CT molecular complexity index is 1340. The van der Waals surface area contributed by atoms with Crippen molar-refractivity contribution in [1.82, 2.24) is 10.2 Å². The number of rotatable bonds is 10. The second-order valence-electron chi connectivity index (χ2n) is 10.8. The van der Waals surface area contributed by atoms with Crippen LogP contribution in [-0.4, -0.2) is 42.0 Å². The second kappa shape index (κ2) is 14.1. The van der Waals surface area contributed by atoms with Gasteiger partial charge in [-0.05, 0) is 60.2 Å². The lowest BCUT2D eigenvalue weighted by atomic mass is 9.94. The van der Waals surface area contributed by atoms with E-state index in [1.165, 1.54) is 6.42 Å². The van der Waals surface area contributed by atoms with Crippen molar-refractivity contribution in [2.24, 2.45) is 0 Å². The van der Waals surface area contributed by atoms with E-state index in [-0.39, 0.29) is 30.8 Å². The van der Waals surface area contributed by atoms with E-state index in [1.807, 2.05) is 54.6 Å². The maximum atomic E-state index is 14.0. The number of nitrogens with one attached hydrogen (secondary N) is 1. The van der Waals surface area contributed by atoms with Gasteiger partial charge in [0.1, 0.15) is 19.3 Å². The molecule has 0 radical (unpaired) electrons. The lowest BCUT2D eigenvalue weighted by Gasteiger charge is -2.34. The number of nitrogens with zero attached hydrogens (tertiary/aromatic N) is 1. The molecular weight excluding hydrogens is 559 g/mol. The standard InChI is InChI=1S/C33H36Cl2N2O4/c34-26-14-13-25(28(35)21-26)22-37(32(38)16-12-24-11-15-30-31(20-24)41-18-17-40-30)29(19-23-7-3-1-4-8-23)33(39)36-27-9-5-2-6-10-27/h1,3-4,7-8,11,13-15,20-21,27,29H,2,5-6,9-10,12,16-19,22H2,(H,36,39)/t29-/m1/s1. The Morgan fingerprint density at radius 3 is 2.39 bits per heavy atom. The smallest absolute Gasteiger partial charge is 0.243 e. The fraction of sp³-hybridized carbons (Fsp3) is 0.394. The van der Waals surface area contributed by atoms with Crippen LogP contribution in [0.3, 0.4) is 0 Å². The molecule has 3 aromatic carbocycles. The summed E-state index contributed by atoms with van der Waals surface area (Å²) in [7, 11) is 0. The van der Waals surface area contributed by atoms with Gasteiger partial charge in [0.15, 0.2) is 11.5 Å². The van der Waals surface area contributed by atoms with Crippen LogP contribution >= 0.6 is 23.2 Å². The predicted molar refractivity (Wildman–Crippen MR) is 162 cm³/mol. The molecule has 1 atom stereocenters. The molecule has 0 aromatic heterocycles. The van der Waals surface area contributed by atoms with Crippen LogP contribution in [0, 0.1) is 0 Å². The van der Waals surface area contributed by atoms with Crippen LogP contribution < -0.4 is 14.8 Å². The maximum Gasteiger partial charge on any atom is 0.243 e. The van der Waals surface area contributed by atoms with Crippen molar-refractivity contribution in [3.8, 4) is 11.5 Å². The first kappa shape index (κ1) is 29.3. The summed E-state index contributed by atoms with van der Waals surface area (Å²) in [5.74, 6) is 1.16. The van der Waals surface area contributed by atoms with Crippen LogP contribution in [0.25, 0.3) is 0 Å². The molecule has 6 nitrogen and oxygen atoms in total. The van der Waals surface area contributed by atoms with E-state index in [4.69, 9.17) is 32.7 Å². The highest BCUT2D eigenvalue weighted by atomic mass is 35.5. The van der Waals surface area contributed by atoms with Crippen molar-refractivity contribution in [1.29, 1.82) is 0 Å². The SMILES string of the molecule is O=C(NC1CCCCC1)[C@@H](Cc1ccccc1)N(Cc1ccc(Cl)cc1Cl)C(=O)CCc1ccc2c(c1)OCCO2. The highest BCUT2D eigenvalue weighted by Gasteiger charge is 2.32. The van der Waals surface area contributed by atoms with Crippen LogP contribution in [0.5, 0.6) is 11.5 Å². The monoisotopic (exact) mass is 594 g/mol. The van der Waals surface area contributed by atoms with Crippen LogP contribution in [0.1, 0.15) is 55.2 Å². The highest BCUT2D eigenvalue weighted by Crippen LogP contribution is 2.31. The highest BCUT2D eigenvalue weighted by molar-refractivity contribution is 6.35. The minimum Gasteiger partial charge on any atom is -0.486 e. The van der Waals surface area contributed by atoms with Crippen LogP contribution in [0.15, 0.2) is 66.7 Å². The number of hydrogen-bond donors (Lipinski definition) is 1. The van der Waals surface area contributed by atoms with Crippen LogP contribution in [0.2, 0.25) is 10.0 Å². The van der Waals surface area contributed by atoms with Crippen LogP contribution in [-0.2, 0) is 29.0 Å². The summed E-state index contributed by atoms with van der Waals surface area (Å²) in [5, 5.41) is 4.26. The number of amides is 2. The number of halogens is 2. The Labute approximate surface area is 251 Å². The lowest BCUT2D eigenvalue weighted by molar-refractivity contribution is -0.141. The molecule has 1 heterocycles. The van der Waals surface area contributed by atoms with Crippen molar-refractivity contribution in [3.05, 3.63) is 93.5 Å². The zero-order valence-corrected chi connectivity index (χ0v) is 24.6. The molecule has 1 fully saturated rings. The number of fused-ring (bicyclic) bond motifs is 1. The first-order chi connectivity index (χ1) is 20.0. The number of carbonyl (C=O) groups is 2. The topological polar surface area (TPSA) is 67.9 Å². The first-order valence-corrected chi connectivity index (χ1v) is 15.2. The minimum absolute atomic E-state index is 0.120. The van der Waals surface area contributed by atoms with Gasteiger partial charge in [-0.2, -0.15) is 0 Å². The van der Waals surface area contributed by atoms with Gasteiger partial charge in [0.25, 0.3) is 0 Å². The van der Waals surface area contributed by atoms with Crippen molar-refractivity contribution in [3.63, 3.8) is 0 Å². The summed E-state index contributed by atoms with van der Waals surface area (Å²) in [5.41, 5.74) is 2.70. The van der Waals surface area contributed by atoms with E-state index in [1.54, 1.807) is 17.0 Å². The average Bonchev–Trinajstić information content (AvgIpc) is 2.99. The van der Waals surface area contributed by atoms with Gasteiger partial charge >= 0.3 is 0 Å². The lowest BCUT2D eigenvalue weighted by Crippen LogP contribution is -2.53. The summed E-state index contributed by atoms with van der Waals surface area (Å²) < 4.78 is 11.4. The average molecular weight is 596 g/mol. The summed E-state index contributed by atoms with van der Waals surface area (Å²) in [6.07, 6.45) is 6.46. The minimum atomic E-state index is -0.696. The van der Waals surface area contributed by atoms with Gasteiger partial charge in [-0.3, -0.25) is 9.59 Å². The molecule has 2 aliphatic rings. The predicted octanol–water partition coefficient (Wildman–Crippen LogP) is 6.79. The molecule has 0 bridgehead atoms. The van der Waals surface area contributed by atoms with Gasteiger partial charge in [-0.15, -0.1) is 0 Å². The first-order valence-electron chi connectivity index (χ1n) is 14.4. The van der Waals surface area contributed by atoms with E-state index in [0.717, 1.165) is 42.4 Å². The number of aryl methyl sites for hydroxylation is 1. The quantitative estimate of drug-likeness (QED) is 0.281. The summed E-state index contributed by atoms with van der Waals surface area (Å²) in [4.78, 5) is 29.7. The normalized spacial score (nSPS) is 15.7. The van der Waals surface area contributed by atoms with Gasteiger partial charge in [0, 0.05) is 35.5 Å². The largest absolute Gasteiger partial charge is 0.486 e. The van der Waals surface area contributed by atoms with E-state index in [2.05, 4.69) is 5.32 Å². The second-order valence-corrected chi connectivity index (χ2v) is 11.6. The summed E-state index contributed by atoms with van der Waals surface area (Å²) in [6, 6.07) is 20.3. The zero-order chi connectivity index (χ0) is 28.6. The fourth-order valence-corrected chi connectivity index (χ4v) is 6.04. The molecule has 2 amide bonds. The van der Waals surface area contributed by atoms with Crippen molar-refractivity contribution in [2.75, 3.05) is 13.2 Å². The molecule has 1 saturated carbocycles. The summed E-state index contributed by atoms with van der Waals surface area (Å²) in [6.45, 7) is 1.23. The van der Waals surface area contributed by atoms with E-state index in [9.17, 15) is 9.59 Å². The number of carbonyl (C=O) groups excluding carboxylic acids is 2. The molecule has 0 spiro atoms. The Morgan fingerprint density at radius 2 is 1.63 bits per heavy atom. The van der Waals surface area contributed by atoms with Crippen LogP contribution in [0.4, 0.5) is 0 Å². The Kier molecular flexibility index (Phi) is 10.1.